The molecule has 2 aromatic rings. The zero-order chi connectivity index (χ0) is 13.7. The highest BCUT2D eigenvalue weighted by atomic mass is 79.9. The van der Waals surface area contributed by atoms with Gasteiger partial charge in [-0.1, -0.05) is 46.3 Å². The van der Waals surface area contributed by atoms with Gasteiger partial charge in [-0.2, -0.15) is 13.5 Å². The Hall–Kier alpha value is -1.66. The van der Waals surface area contributed by atoms with Crippen molar-refractivity contribution in [1.29, 1.82) is 0 Å². The first-order valence-corrected chi connectivity index (χ1v) is 7.71. The van der Waals surface area contributed by atoms with Gasteiger partial charge in [-0.05, 0) is 29.8 Å². The van der Waals surface area contributed by atoms with E-state index in [9.17, 15) is 8.42 Å². The van der Waals surface area contributed by atoms with E-state index in [1.54, 1.807) is 18.2 Å². The van der Waals surface area contributed by atoms with Gasteiger partial charge in [0.1, 0.15) is 0 Å². The predicted octanol–water partition coefficient (Wildman–Crippen LogP) is 2.76. The van der Waals surface area contributed by atoms with Crippen LogP contribution in [0.1, 0.15) is 5.56 Å². The van der Waals surface area contributed by atoms with Crippen molar-refractivity contribution in [1.82, 2.24) is 4.83 Å². The molecule has 1 N–H and O–H groups in total. The molecule has 98 valence electrons. The van der Waals surface area contributed by atoms with Crippen LogP contribution in [0.3, 0.4) is 0 Å². The van der Waals surface area contributed by atoms with E-state index in [1.807, 2.05) is 24.3 Å². The second kappa shape index (κ2) is 5.99. The van der Waals surface area contributed by atoms with E-state index in [0.29, 0.717) is 0 Å². The first-order chi connectivity index (χ1) is 9.08. The van der Waals surface area contributed by atoms with Crippen molar-refractivity contribution in [2.75, 3.05) is 0 Å². The van der Waals surface area contributed by atoms with Crippen LogP contribution in [0.5, 0.6) is 0 Å². The van der Waals surface area contributed by atoms with E-state index < -0.39 is 10.0 Å². The lowest BCUT2D eigenvalue weighted by molar-refractivity contribution is 0.584. The van der Waals surface area contributed by atoms with Crippen LogP contribution in [0, 0.1) is 0 Å². The maximum absolute atomic E-state index is 11.8. The molecular weight excluding hydrogens is 328 g/mol. The number of hydrogen-bond donors (Lipinski definition) is 1. The second-order valence-corrected chi connectivity index (χ2v) is 6.29. The Labute approximate surface area is 120 Å². The van der Waals surface area contributed by atoms with Gasteiger partial charge >= 0.3 is 0 Å². The minimum absolute atomic E-state index is 0.183. The SMILES string of the molecule is O=S(=O)(N/N=C/c1ccc(Br)cc1)c1ccccc1. The van der Waals surface area contributed by atoms with E-state index >= 15 is 0 Å². The molecule has 0 fully saturated rings. The summed E-state index contributed by atoms with van der Waals surface area (Å²) in [5.74, 6) is 0. The molecule has 19 heavy (non-hydrogen) atoms. The van der Waals surface area contributed by atoms with Crippen molar-refractivity contribution in [3.8, 4) is 0 Å². The van der Waals surface area contributed by atoms with Crippen LogP contribution in [-0.4, -0.2) is 14.6 Å². The third kappa shape index (κ3) is 3.90. The zero-order valence-electron chi connectivity index (χ0n) is 9.82. The Morgan fingerprint density at radius 1 is 1.00 bits per heavy atom. The molecule has 0 aliphatic rings. The van der Waals surface area contributed by atoms with Gasteiger partial charge in [0.2, 0.25) is 0 Å². The Balaban J connectivity index is 2.08. The second-order valence-electron chi connectivity index (χ2n) is 3.72. The first kappa shape index (κ1) is 13.8. The van der Waals surface area contributed by atoms with Gasteiger partial charge in [0.05, 0.1) is 11.1 Å². The molecule has 0 bridgehead atoms. The lowest BCUT2D eigenvalue weighted by atomic mass is 10.2. The van der Waals surface area contributed by atoms with Gasteiger partial charge in [-0.15, -0.1) is 0 Å². The lowest BCUT2D eigenvalue weighted by Crippen LogP contribution is -2.18. The Kier molecular flexibility index (Phi) is 4.34. The molecule has 0 spiro atoms. The summed E-state index contributed by atoms with van der Waals surface area (Å²) in [5, 5.41) is 3.74. The Bertz CT molecular complexity index is 668. The fraction of sp³-hybridized carbons (Fsp3) is 0. The van der Waals surface area contributed by atoms with Crippen LogP contribution in [0.2, 0.25) is 0 Å². The Morgan fingerprint density at radius 2 is 1.63 bits per heavy atom. The molecule has 0 saturated heterocycles. The fourth-order valence-electron chi connectivity index (χ4n) is 1.37. The summed E-state index contributed by atoms with van der Waals surface area (Å²) in [6.07, 6.45) is 1.45. The largest absolute Gasteiger partial charge is 0.276 e. The van der Waals surface area contributed by atoms with Gasteiger partial charge in [-0.25, -0.2) is 4.83 Å². The van der Waals surface area contributed by atoms with Crippen molar-refractivity contribution in [3.05, 3.63) is 64.6 Å². The van der Waals surface area contributed by atoms with Crippen molar-refractivity contribution in [2.45, 2.75) is 4.90 Å². The van der Waals surface area contributed by atoms with Gasteiger partial charge < -0.3 is 0 Å². The minimum atomic E-state index is -3.60. The quantitative estimate of drug-likeness (QED) is 0.688. The molecular formula is C13H11BrN2O2S. The molecule has 0 saturated carbocycles. The third-order valence-electron chi connectivity index (χ3n) is 2.31. The molecule has 0 radical (unpaired) electrons. The molecule has 6 heteroatoms. The average Bonchev–Trinajstić information content (AvgIpc) is 2.42. The number of sulfonamides is 1. The molecule has 0 heterocycles. The van der Waals surface area contributed by atoms with Crippen molar-refractivity contribution in [3.63, 3.8) is 0 Å². The summed E-state index contributed by atoms with van der Waals surface area (Å²) in [4.78, 5) is 2.35. The summed E-state index contributed by atoms with van der Waals surface area (Å²) in [5.41, 5.74) is 0.805. The van der Waals surface area contributed by atoms with Crippen molar-refractivity contribution >= 4 is 32.2 Å². The summed E-state index contributed by atoms with van der Waals surface area (Å²) in [6.45, 7) is 0. The van der Waals surface area contributed by atoms with Gasteiger partial charge in [-0.3, -0.25) is 0 Å². The lowest BCUT2D eigenvalue weighted by Gasteiger charge is -2.02. The monoisotopic (exact) mass is 338 g/mol. The van der Waals surface area contributed by atoms with Crippen molar-refractivity contribution < 1.29 is 8.42 Å². The van der Waals surface area contributed by atoms with E-state index in [-0.39, 0.29) is 4.90 Å². The summed E-state index contributed by atoms with van der Waals surface area (Å²) < 4.78 is 24.6. The number of rotatable bonds is 4. The molecule has 4 nitrogen and oxygen atoms in total. The number of hydrazone groups is 1. The van der Waals surface area contributed by atoms with E-state index in [0.717, 1.165) is 10.0 Å². The predicted molar refractivity (Wildman–Crippen MR) is 78.5 cm³/mol. The van der Waals surface area contributed by atoms with E-state index in [1.165, 1.54) is 18.3 Å². The maximum Gasteiger partial charge on any atom is 0.276 e. The first-order valence-electron chi connectivity index (χ1n) is 5.43. The average molecular weight is 339 g/mol. The number of halogens is 1. The van der Waals surface area contributed by atoms with Gasteiger partial charge in [0.15, 0.2) is 0 Å². The molecule has 0 aliphatic carbocycles. The van der Waals surface area contributed by atoms with Gasteiger partial charge in [0, 0.05) is 4.47 Å². The molecule has 0 aromatic heterocycles. The summed E-state index contributed by atoms with van der Waals surface area (Å²) in [7, 11) is -3.60. The zero-order valence-corrected chi connectivity index (χ0v) is 12.2. The molecule has 2 aromatic carbocycles. The standard InChI is InChI=1S/C13H11BrN2O2S/c14-12-8-6-11(7-9-12)10-15-16-19(17,18)13-4-2-1-3-5-13/h1-10,16H/b15-10+. The van der Waals surface area contributed by atoms with Crippen LogP contribution < -0.4 is 4.83 Å². The molecule has 0 amide bonds. The van der Waals surface area contributed by atoms with Crippen molar-refractivity contribution in [2.24, 2.45) is 5.10 Å². The highest BCUT2D eigenvalue weighted by molar-refractivity contribution is 9.10. The topological polar surface area (TPSA) is 58.5 Å². The normalized spacial score (nSPS) is 11.6. The minimum Gasteiger partial charge on any atom is -0.200 e. The summed E-state index contributed by atoms with van der Waals surface area (Å²) in [6, 6.07) is 15.5. The number of nitrogens with one attached hydrogen (secondary N) is 1. The number of hydrogen-bond acceptors (Lipinski definition) is 3. The van der Waals surface area contributed by atoms with Gasteiger partial charge in [0.25, 0.3) is 10.0 Å². The number of benzene rings is 2. The van der Waals surface area contributed by atoms with E-state index in [4.69, 9.17) is 0 Å². The highest BCUT2D eigenvalue weighted by Crippen LogP contribution is 2.09. The van der Waals surface area contributed by atoms with Crippen LogP contribution in [0.4, 0.5) is 0 Å². The third-order valence-corrected chi connectivity index (χ3v) is 4.08. The maximum atomic E-state index is 11.8. The molecule has 2 rings (SSSR count). The van der Waals surface area contributed by atoms with Crippen LogP contribution in [-0.2, 0) is 10.0 Å². The molecule has 0 unspecified atom stereocenters. The number of nitrogens with zero attached hydrogens (tertiary/aromatic N) is 1. The fourth-order valence-corrected chi connectivity index (χ4v) is 2.45. The van der Waals surface area contributed by atoms with Crippen LogP contribution >= 0.6 is 15.9 Å². The smallest absolute Gasteiger partial charge is 0.200 e. The molecule has 0 aliphatic heterocycles. The van der Waals surface area contributed by atoms with E-state index in [2.05, 4.69) is 25.9 Å². The van der Waals surface area contributed by atoms with Crippen LogP contribution in [0.25, 0.3) is 0 Å². The highest BCUT2D eigenvalue weighted by Gasteiger charge is 2.10. The summed E-state index contributed by atoms with van der Waals surface area (Å²) >= 11 is 3.32. The molecule has 0 atom stereocenters. The van der Waals surface area contributed by atoms with Crippen LogP contribution in [0.15, 0.2) is 69.1 Å². The Morgan fingerprint density at radius 3 is 2.26 bits per heavy atom.